The SMILES string of the molecule is CCNC(=NCC(C(C)C)N1CCN(C)CC1)N1CCC(c2ccc(OC)cc2)C1. The molecule has 0 radical (unpaired) electrons. The van der Waals surface area contributed by atoms with E-state index in [1.54, 1.807) is 7.11 Å². The highest BCUT2D eigenvalue weighted by molar-refractivity contribution is 5.80. The van der Waals surface area contributed by atoms with Crippen molar-refractivity contribution in [2.45, 2.75) is 39.2 Å². The first kappa shape index (κ1) is 22.9. The van der Waals surface area contributed by atoms with Gasteiger partial charge >= 0.3 is 0 Å². The van der Waals surface area contributed by atoms with Crippen LogP contribution in [0.25, 0.3) is 0 Å². The topological polar surface area (TPSA) is 43.3 Å². The molecule has 30 heavy (non-hydrogen) atoms. The lowest BCUT2D eigenvalue weighted by atomic mass is 9.98. The van der Waals surface area contributed by atoms with Gasteiger partial charge in [-0.1, -0.05) is 26.0 Å². The van der Waals surface area contributed by atoms with Crippen LogP contribution in [0.5, 0.6) is 5.75 Å². The Balaban J connectivity index is 1.64. The van der Waals surface area contributed by atoms with Gasteiger partial charge in [0.2, 0.25) is 0 Å². The summed E-state index contributed by atoms with van der Waals surface area (Å²) in [5, 5.41) is 3.55. The fraction of sp³-hybridized carbons (Fsp3) is 0.708. The van der Waals surface area contributed by atoms with Crippen molar-refractivity contribution < 1.29 is 4.74 Å². The molecule has 0 spiro atoms. The van der Waals surface area contributed by atoms with Gasteiger partial charge in [0.1, 0.15) is 5.75 Å². The van der Waals surface area contributed by atoms with E-state index in [1.165, 1.54) is 12.0 Å². The highest BCUT2D eigenvalue weighted by atomic mass is 16.5. The molecule has 0 aliphatic carbocycles. The number of piperazine rings is 1. The van der Waals surface area contributed by atoms with Crippen molar-refractivity contribution in [2.24, 2.45) is 10.9 Å². The number of nitrogens with zero attached hydrogens (tertiary/aromatic N) is 4. The summed E-state index contributed by atoms with van der Waals surface area (Å²) in [6.07, 6.45) is 1.17. The van der Waals surface area contributed by atoms with Crippen molar-refractivity contribution in [3.8, 4) is 5.75 Å². The van der Waals surface area contributed by atoms with Crippen LogP contribution in [0.15, 0.2) is 29.3 Å². The first-order valence-electron chi connectivity index (χ1n) is 11.6. The molecule has 1 N–H and O–H groups in total. The number of guanidine groups is 1. The van der Waals surface area contributed by atoms with Crippen molar-refractivity contribution in [3.05, 3.63) is 29.8 Å². The lowest BCUT2D eigenvalue weighted by molar-refractivity contribution is 0.0924. The zero-order chi connectivity index (χ0) is 21.5. The molecule has 1 aromatic carbocycles. The molecule has 0 bridgehead atoms. The number of ether oxygens (including phenoxy) is 1. The Kier molecular flexibility index (Phi) is 8.40. The number of likely N-dealkylation sites (N-methyl/N-ethyl adjacent to an activating group) is 1. The van der Waals surface area contributed by atoms with Crippen LogP contribution < -0.4 is 10.1 Å². The summed E-state index contributed by atoms with van der Waals surface area (Å²) in [5.74, 6) is 3.16. The second kappa shape index (κ2) is 11.0. The minimum atomic E-state index is 0.507. The van der Waals surface area contributed by atoms with Crippen LogP contribution in [-0.4, -0.2) is 93.2 Å². The average molecular weight is 416 g/mol. The number of methoxy groups -OCH3 is 1. The monoisotopic (exact) mass is 415 g/mol. The number of rotatable bonds is 7. The van der Waals surface area contributed by atoms with Gasteiger partial charge in [-0.3, -0.25) is 9.89 Å². The van der Waals surface area contributed by atoms with Crippen molar-refractivity contribution in [1.29, 1.82) is 0 Å². The summed E-state index contributed by atoms with van der Waals surface area (Å²) in [5.41, 5.74) is 1.40. The summed E-state index contributed by atoms with van der Waals surface area (Å²) < 4.78 is 5.31. The van der Waals surface area contributed by atoms with E-state index in [9.17, 15) is 0 Å². The number of benzene rings is 1. The lowest BCUT2D eigenvalue weighted by Crippen LogP contribution is -2.52. The maximum Gasteiger partial charge on any atom is 0.193 e. The smallest absolute Gasteiger partial charge is 0.193 e. The summed E-state index contributed by atoms with van der Waals surface area (Å²) in [6.45, 7) is 15.3. The molecule has 6 nitrogen and oxygen atoms in total. The van der Waals surface area contributed by atoms with Gasteiger partial charge in [0.05, 0.1) is 13.7 Å². The molecule has 6 heteroatoms. The van der Waals surface area contributed by atoms with Crippen LogP contribution in [0.3, 0.4) is 0 Å². The summed E-state index contributed by atoms with van der Waals surface area (Å²) in [4.78, 5) is 12.6. The number of hydrogen-bond donors (Lipinski definition) is 1. The Morgan fingerprint density at radius 1 is 1.13 bits per heavy atom. The summed E-state index contributed by atoms with van der Waals surface area (Å²) in [6, 6.07) is 9.06. The molecular formula is C24H41N5O. The highest BCUT2D eigenvalue weighted by Crippen LogP contribution is 2.28. The van der Waals surface area contributed by atoms with E-state index < -0.39 is 0 Å². The molecule has 2 unspecified atom stereocenters. The Hall–Kier alpha value is -1.79. The summed E-state index contributed by atoms with van der Waals surface area (Å²) >= 11 is 0. The molecule has 2 aliphatic rings. The van der Waals surface area contributed by atoms with E-state index in [0.29, 0.717) is 17.9 Å². The number of likely N-dealkylation sites (tertiary alicyclic amines) is 1. The molecule has 2 saturated heterocycles. The molecule has 2 fully saturated rings. The van der Waals surface area contributed by atoms with Gasteiger partial charge in [-0.05, 0) is 44.0 Å². The predicted molar refractivity (Wildman–Crippen MR) is 126 cm³/mol. The van der Waals surface area contributed by atoms with Gasteiger partial charge in [0.25, 0.3) is 0 Å². The van der Waals surface area contributed by atoms with Crippen molar-refractivity contribution in [3.63, 3.8) is 0 Å². The van der Waals surface area contributed by atoms with Gasteiger partial charge in [0.15, 0.2) is 5.96 Å². The molecular weight excluding hydrogens is 374 g/mol. The third-order valence-corrected chi connectivity index (χ3v) is 6.61. The second-order valence-electron chi connectivity index (χ2n) is 9.05. The van der Waals surface area contributed by atoms with Crippen LogP contribution in [0.4, 0.5) is 0 Å². The van der Waals surface area contributed by atoms with E-state index >= 15 is 0 Å². The number of nitrogens with one attached hydrogen (secondary N) is 1. The zero-order valence-corrected chi connectivity index (χ0v) is 19.6. The maximum atomic E-state index is 5.31. The minimum Gasteiger partial charge on any atom is -0.497 e. The van der Waals surface area contributed by atoms with Crippen molar-refractivity contribution in [2.75, 3.05) is 66.5 Å². The quantitative estimate of drug-likeness (QED) is 0.548. The van der Waals surface area contributed by atoms with Gasteiger partial charge in [-0.15, -0.1) is 0 Å². The molecule has 0 aromatic heterocycles. The Bertz CT molecular complexity index is 667. The number of aliphatic imine (C=N–C) groups is 1. The third kappa shape index (κ3) is 5.88. The van der Waals surface area contributed by atoms with Crippen LogP contribution in [-0.2, 0) is 0 Å². The fourth-order valence-electron chi connectivity index (χ4n) is 4.61. The lowest BCUT2D eigenvalue weighted by Gasteiger charge is -2.39. The molecule has 0 saturated carbocycles. The van der Waals surface area contributed by atoms with E-state index in [-0.39, 0.29) is 0 Å². The third-order valence-electron chi connectivity index (χ3n) is 6.61. The van der Waals surface area contributed by atoms with Gasteiger partial charge in [-0.25, -0.2) is 0 Å². The molecule has 0 amide bonds. The van der Waals surface area contributed by atoms with Crippen LogP contribution >= 0.6 is 0 Å². The standard InChI is InChI=1S/C24H41N5O/c1-6-25-24(26-17-23(19(2)3)28-15-13-27(4)14-16-28)29-12-11-21(18-29)20-7-9-22(30-5)10-8-20/h7-10,19,21,23H,6,11-18H2,1-5H3,(H,25,26). The normalized spacial score (nSPS) is 22.5. The largest absolute Gasteiger partial charge is 0.497 e. The average Bonchev–Trinajstić information content (AvgIpc) is 3.24. The first-order chi connectivity index (χ1) is 14.5. The molecule has 1 aromatic rings. The van der Waals surface area contributed by atoms with Crippen LogP contribution in [0, 0.1) is 5.92 Å². The maximum absolute atomic E-state index is 5.31. The molecule has 2 aliphatic heterocycles. The molecule has 3 rings (SSSR count). The van der Waals surface area contributed by atoms with Gasteiger partial charge < -0.3 is 19.9 Å². The summed E-state index contributed by atoms with van der Waals surface area (Å²) in [7, 11) is 3.94. The van der Waals surface area contributed by atoms with Gasteiger partial charge in [0, 0.05) is 57.8 Å². The Morgan fingerprint density at radius 2 is 1.83 bits per heavy atom. The second-order valence-corrected chi connectivity index (χ2v) is 9.05. The fourth-order valence-corrected chi connectivity index (χ4v) is 4.61. The Morgan fingerprint density at radius 3 is 2.43 bits per heavy atom. The number of hydrogen-bond acceptors (Lipinski definition) is 4. The van der Waals surface area contributed by atoms with E-state index in [2.05, 4.69) is 72.1 Å². The van der Waals surface area contributed by atoms with E-state index in [0.717, 1.165) is 64.1 Å². The van der Waals surface area contributed by atoms with E-state index in [1.807, 2.05) is 0 Å². The van der Waals surface area contributed by atoms with E-state index in [4.69, 9.17) is 9.73 Å². The molecule has 2 heterocycles. The highest BCUT2D eigenvalue weighted by Gasteiger charge is 2.28. The first-order valence-corrected chi connectivity index (χ1v) is 11.6. The molecule has 168 valence electrons. The van der Waals surface area contributed by atoms with Crippen LogP contribution in [0.1, 0.15) is 38.7 Å². The minimum absolute atomic E-state index is 0.507. The Labute approximate surface area is 183 Å². The predicted octanol–water partition coefficient (Wildman–Crippen LogP) is 2.72. The van der Waals surface area contributed by atoms with Crippen molar-refractivity contribution >= 4 is 5.96 Å². The zero-order valence-electron chi connectivity index (χ0n) is 19.6. The molecule has 2 atom stereocenters. The van der Waals surface area contributed by atoms with Crippen LogP contribution in [0.2, 0.25) is 0 Å². The van der Waals surface area contributed by atoms with Crippen molar-refractivity contribution in [1.82, 2.24) is 20.0 Å². The van der Waals surface area contributed by atoms with Gasteiger partial charge in [-0.2, -0.15) is 0 Å².